The van der Waals surface area contributed by atoms with Crippen LogP contribution >= 0.6 is 11.8 Å². The summed E-state index contributed by atoms with van der Waals surface area (Å²) < 4.78 is 7.23. The van der Waals surface area contributed by atoms with Crippen molar-refractivity contribution in [1.29, 1.82) is 0 Å². The number of nitrogens with zero attached hydrogens (tertiary/aromatic N) is 4. The number of nitro groups is 1. The quantitative estimate of drug-likeness (QED) is 0.169. The maximum absolute atomic E-state index is 12.8. The molecule has 0 spiro atoms. The number of thioether (sulfide) groups is 1. The molecule has 0 saturated heterocycles. The summed E-state index contributed by atoms with van der Waals surface area (Å²) in [5, 5.41) is 25.8. The van der Waals surface area contributed by atoms with Crippen LogP contribution in [-0.4, -0.2) is 44.4 Å². The second-order valence-electron chi connectivity index (χ2n) is 8.55. The molecule has 0 radical (unpaired) electrons. The summed E-state index contributed by atoms with van der Waals surface area (Å²) >= 11 is 1.18. The van der Waals surface area contributed by atoms with Gasteiger partial charge < -0.3 is 15.4 Å². The molecule has 4 rings (SSSR count). The van der Waals surface area contributed by atoms with Crippen LogP contribution in [0.1, 0.15) is 27.3 Å². The Morgan fingerprint density at radius 3 is 2.59 bits per heavy atom. The fraction of sp³-hybridized carbons (Fsp3) is 0.185. The Hall–Kier alpha value is -4.71. The first-order valence-electron chi connectivity index (χ1n) is 11.9. The minimum absolute atomic E-state index is 0.0262. The first-order chi connectivity index (χ1) is 18.8. The number of amides is 2. The lowest BCUT2D eigenvalue weighted by Gasteiger charge is -2.14. The van der Waals surface area contributed by atoms with E-state index in [1.54, 1.807) is 17.6 Å². The lowest BCUT2D eigenvalue weighted by Crippen LogP contribution is -2.25. The van der Waals surface area contributed by atoms with Crippen molar-refractivity contribution in [3.63, 3.8) is 0 Å². The molecule has 0 bridgehead atoms. The van der Waals surface area contributed by atoms with Gasteiger partial charge in [0.1, 0.15) is 5.75 Å². The number of nitro benzene ring substituents is 1. The highest BCUT2D eigenvalue weighted by Crippen LogP contribution is 2.29. The first-order valence-corrected chi connectivity index (χ1v) is 12.9. The van der Waals surface area contributed by atoms with E-state index in [1.807, 2.05) is 49.4 Å². The number of hydrogen-bond acceptors (Lipinski definition) is 8. The molecule has 4 aromatic rings. The monoisotopic (exact) mass is 546 g/mol. The lowest BCUT2D eigenvalue weighted by atomic mass is 10.1. The molecule has 0 fully saturated rings. The molecule has 0 aliphatic rings. The molecule has 200 valence electrons. The molecule has 39 heavy (non-hydrogen) atoms. The molecule has 0 unspecified atom stereocenters. The van der Waals surface area contributed by atoms with Gasteiger partial charge in [-0.05, 0) is 49.7 Å². The molecule has 3 aromatic carbocycles. The summed E-state index contributed by atoms with van der Waals surface area (Å²) in [6.07, 6.45) is 0. The van der Waals surface area contributed by atoms with E-state index < -0.39 is 10.8 Å². The first kappa shape index (κ1) is 27.3. The van der Waals surface area contributed by atoms with Crippen molar-refractivity contribution in [1.82, 2.24) is 20.1 Å². The van der Waals surface area contributed by atoms with Crippen molar-refractivity contribution in [2.24, 2.45) is 0 Å². The molecule has 1 heterocycles. The maximum atomic E-state index is 12.8. The minimum Gasteiger partial charge on any atom is -0.495 e. The molecule has 0 atom stereocenters. The average Bonchev–Trinajstić information content (AvgIpc) is 3.33. The molecule has 1 aromatic heterocycles. The van der Waals surface area contributed by atoms with Crippen LogP contribution in [0.5, 0.6) is 5.75 Å². The zero-order chi connectivity index (χ0) is 27.9. The van der Waals surface area contributed by atoms with Crippen molar-refractivity contribution >= 4 is 35.0 Å². The van der Waals surface area contributed by atoms with Gasteiger partial charge in [0.05, 0.1) is 30.0 Å². The highest BCUT2D eigenvalue weighted by molar-refractivity contribution is 7.99. The summed E-state index contributed by atoms with van der Waals surface area (Å²) in [7, 11) is 1.54. The van der Waals surface area contributed by atoms with Crippen LogP contribution in [0, 0.1) is 24.0 Å². The van der Waals surface area contributed by atoms with Crippen molar-refractivity contribution in [2.45, 2.75) is 25.5 Å². The van der Waals surface area contributed by atoms with E-state index in [9.17, 15) is 19.7 Å². The molecule has 0 aliphatic carbocycles. The number of anilines is 1. The SMILES string of the molecule is COc1ccccc1-n1c(CNC(=O)c2ccc(C)c([N+](=O)[O-])c2)nnc1SCC(=O)Nc1cccc(C)c1. The summed E-state index contributed by atoms with van der Waals surface area (Å²) in [6, 6.07) is 19.0. The molecule has 11 nitrogen and oxygen atoms in total. The fourth-order valence-electron chi connectivity index (χ4n) is 3.82. The van der Waals surface area contributed by atoms with E-state index in [4.69, 9.17) is 4.74 Å². The van der Waals surface area contributed by atoms with E-state index in [2.05, 4.69) is 20.8 Å². The van der Waals surface area contributed by atoms with E-state index >= 15 is 0 Å². The van der Waals surface area contributed by atoms with Gasteiger partial charge in [-0.2, -0.15) is 0 Å². The van der Waals surface area contributed by atoms with Gasteiger partial charge in [-0.15, -0.1) is 10.2 Å². The lowest BCUT2D eigenvalue weighted by molar-refractivity contribution is -0.385. The topological polar surface area (TPSA) is 141 Å². The third kappa shape index (κ3) is 6.60. The summed E-state index contributed by atoms with van der Waals surface area (Å²) in [6.45, 7) is 3.53. The van der Waals surface area contributed by atoms with Crippen molar-refractivity contribution in [3.8, 4) is 11.4 Å². The fourth-order valence-corrected chi connectivity index (χ4v) is 4.59. The van der Waals surface area contributed by atoms with Gasteiger partial charge in [0.15, 0.2) is 11.0 Å². The maximum Gasteiger partial charge on any atom is 0.273 e. The standard InChI is InChI=1S/C27H26N6O5S/c1-17-7-6-8-20(13-17)29-25(34)16-39-27-31-30-24(32(27)21-9-4-5-10-23(21)38-3)15-28-26(35)19-12-11-18(2)22(14-19)33(36)37/h4-14H,15-16H2,1-3H3,(H,28,35)(H,29,34). The molecular weight excluding hydrogens is 520 g/mol. The Balaban J connectivity index is 1.55. The van der Waals surface area contributed by atoms with Gasteiger partial charge in [-0.25, -0.2) is 0 Å². The Kier molecular flexibility index (Phi) is 8.56. The van der Waals surface area contributed by atoms with Gasteiger partial charge in [0.25, 0.3) is 11.6 Å². The largest absolute Gasteiger partial charge is 0.495 e. The minimum atomic E-state index is -0.525. The molecular formula is C27H26N6O5S. The van der Waals surface area contributed by atoms with Gasteiger partial charge in [0.2, 0.25) is 5.91 Å². The van der Waals surface area contributed by atoms with Crippen molar-refractivity contribution in [3.05, 3.63) is 99.4 Å². The molecule has 12 heteroatoms. The number of carbonyl (C=O) groups is 2. The zero-order valence-electron chi connectivity index (χ0n) is 21.5. The number of carbonyl (C=O) groups excluding carboxylic acids is 2. The second-order valence-corrected chi connectivity index (χ2v) is 9.50. The molecule has 0 saturated carbocycles. The van der Waals surface area contributed by atoms with E-state index in [-0.39, 0.29) is 29.5 Å². The molecule has 2 amide bonds. The Labute approximate surface area is 228 Å². The Morgan fingerprint density at radius 2 is 1.85 bits per heavy atom. The Bertz CT molecular complexity index is 1540. The second kappa shape index (κ2) is 12.2. The van der Waals surface area contributed by atoms with Gasteiger partial charge >= 0.3 is 0 Å². The van der Waals surface area contributed by atoms with Crippen LogP contribution in [0.2, 0.25) is 0 Å². The van der Waals surface area contributed by atoms with Crippen molar-refractivity contribution < 1.29 is 19.2 Å². The number of nitrogens with one attached hydrogen (secondary N) is 2. The summed E-state index contributed by atoms with van der Waals surface area (Å²) in [5.74, 6) is 0.289. The van der Waals surface area contributed by atoms with E-state index in [1.165, 1.54) is 37.1 Å². The van der Waals surface area contributed by atoms with E-state index in [0.717, 1.165) is 5.56 Å². The normalized spacial score (nSPS) is 10.6. The van der Waals surface area contributed by atoms with Crippen LogP contribution in [0.3, 0.4) is 0 Å². The zero-order valence-corrected chi connectivity index (χ0v) is 22.3. The average molecular weight is 547 g/mol. The van der Waals surface area contributed by atoms with Crippen LogP contribution in [0.4, 0.5) is 11.4 Å². The molecule has 0 aliphatic heterocycles. The van der Waals surface area contributed by atoms with Crippen LogP contribution in [0.25, 0.3) is 5.69 Å². The number of methoxy groups -OCH3 is 1. The van der Waals surface area contributed by atoms with Gasteiger partial charge in [-0.1, -0.05) is 42.1 Å². The van der Waals surface area contributed by atoms with Crippen LogP contribution in [-0.2, 0) is 11.3 Å². The summed E-state index contributed by atoms with van der Waals surface area (Å²) in [4.78, 5) is 36.2. The highest BCUT2D eigenvalue weighted by atomic mass is 32.2. The number of hydrogen-bond donors (Lipinski definition) is 2. The van der Waals surface area contributed by atoms with Gasteiger partial charge in [-0.3, -0.25) is 24.3 Å². The predicted molar refractivity (Wildman–Crippen MR) is 147 cm³/mol. The van der Waals surface area contributed by atoms with E-state index in [0.29, 0.717) is 33.7 Å². The summed E-state index contributed by atoms with van der Waals surface area (Å²) in [5.41, 5.74) is 2.83. The van der Waals surface area contributed by atoms with Crippen molar-refractivity contribution in [2.75, 3.05) is 18.2 Å². The van der Waals surface area contributed by atoms with Crippen LogP contribution in [0.15, 0.2) is 71.9 Å². The number of rotatable bonds is 10. The smallest absolute Gasteiger partial charge is 0.273 e. The number of aryl methyl sites for hydroxylation is 2. The third-order valence-electron chi connectivity index (χ3n) is 5.74. The number of benzene rings is 3. The Morgan fingerprint density at radius 1 is 1.05 bits per heavy atom. The van der Waals surface area contributed by atoms with Crippen LogP contribution < -0.4 is 15.4 Å². The number of para-hydroxylation sites is 2. The predicted octanol–water partition coefficient (Wildman–Crippen LogP) is 4.46. The molecule has 2 N–H and O–H groups in total. The number of aromatic nitrogens is 3. The third-order valence-corrected chi connectivity index (χ3v) is 6.66. The van der Waals surface area contributed by atoms with Gasteiger partial charge in [0, 0.05) is 22.9 Å². The highest BCUT2D eigenvalue weighted by Gasteiger charge is 2.20. The number of ether oxygens (including phenoxy) is 1.